The third-order valence-electron chi connectivity index (χ3n) is 2.63. The predicted molar refractivity (Wildman–Crippen MR) is 64.0 cm³/mol. The van der Waals surface area contributed by atoms with Gasteiger partial charge in [0, 0.05) is 13.7 Å². The Morgan fingerprint density at radius 1 is 1.62 bits per heavy atom. The van der Waals surface area contributed by atoms with E-state index >= 15 is 0 Å². The van der Waals surface area contributed by atoms with E-state index in [4.69, 9.17) is 4.74 Å². The summed E-state index contributed by atoms with van der Waals surface area (Å²) in [5.41, 5.74) is 1.02. The van der Waals surface area contributed by atoms with E-state index in [1.54, 1.807) is 18.4 Å². The van der Waals surface area contributed by atoms with E-state index in [-0.39, 0.29) is 11.4 Å². The van der Waals surface area contributed by atoms with Crippen molar-refractivity contribution in [2.45, 2.75) is 24.2 Å². The van der Waals surface area contributed by atoms with Crippen LogP contribution in [0.5, 0.6) is 0 Å². The van der Waals surface area contributed by atoms with E-state index in [0.29, 0.717) is 6.54 Å². The molecule has 0 saturated heterocycles. The average molecular weight is 261 g/mol. The van der Waals surface area contributed by atoms with Gasteiger partial charge in [0.1, 0.15) is 0 Å². The summed E-state index contributed by atoms with van der Waals surface area (Å²) in [7, 11) is -1.52. The van der Waals surface area contributed by atoms with E-state index in [1.165, 1.54) is 0 Å². The van der Waals surface area contributed by atoms with Crippen LogP contribution in [0.1, 0.15) is 24.5 Å². The summed E-state index contributed by atoms with van der Waals surface area (Å²) >= 11 is 1.58. The molecule has 4 nitrogen and oxygen atoms in total. The number of nitrogens with one attached hydrogen (secondary N) is 1. The monoisotopic (exact) mass is 261 g/mol. The SMILES string of the molecule is COC(CNS(=O)(=O)C1CC1)c1ccsc1. The maximum Gasteiger partial charge on any atom is 0.214 e. The molecule has 0 radical (unpaired) electrons. The zero-order chi connectivity index (χ0) is 11.6. The summed E-state index contributed by atoms with van der Waals surface area (Å²) in [6.45, 7) is 0.312. The van der Waals surface area contributed by atoms with Gasteiger partial charge in [-0.1, -0.05) is 0 Å². The maximum atomic E-state index is 11.6. The average Bonchev–Trinajstić information content (AvgIpc) is 2.99. The molecule has 1 aliphatic carbocycles. The zero-order valence-corrected chi connectivity index (χ0v) is 10.7. The molecule has 1 aromatic rings. The van der Waals surface area contributed by atoms with Gasteiger partial charge in [0.25, 0.3) is 0 Å². The van der Waals surface area contributed by atoms with Gasteiger partial charge in [-0.2, -0.15) is 11.3 Å². The normalized spacial score (nSPS) is 18.6. The Morgan fingerprint density at radius 2 is 2.38 bits per heavy atom. The van der Waals surface area contributed by atoms with Crippen LogP contribution in [0.2, 0.25) is 0 Å². The lowest BCUT2D eigenvalue weighted by Crippen LogP contribution is -2.31. The molecule has 1 heterocycles. The van der Waals surface area contributed by atoms with Crippen molar-refractivity contribution in [1.82, 2.24) is 4.72 Å². The van der Waals surface area contributed by atoms with Crippen molar-refractivity contribution in [3.63, 3.8) is 0 Å². The van der Waals surface area contributed by atoms with Gasteiger partial charge < -0.3 is 4.74 Å². The van der Waals surface area contributed by atoms with Crippen LogP contribution in [0, 0.1) is 0 Å². The zero-order valence-electron chi connectivity index (χ0n) is 9.05. The number of hydrogen-bond donors (Lipinski definition) is 1. The minimum Gasteiger partial charge on any atom is -0.375 e. The molecule has 1 N–H and O–H groups in total. The first-order valence-corrected chi connectivity index (χ1v) is 7.66. The molecule has 0 amide bonds. The topological polar surface area (TPSA) is 55.4 Å². The Morgan fingerprint density at radius 3 is 2.88 bits per heavy atom. The van der Waals surface area contributed by atoms with Gasteiger partial charge in [0.05, 0.1) is 11.4 Å². The highest BCUT2D eigenvalue weighted by molar-refractivity contribution is 7.90. The van der Waals surface area contributed by atoms with Crippen LogP contribution in [-0.2, 0) is 14.8 Å². The lowest BCUT2D eigenvalue weighted by molar-refractivity contribution is 0.107. The second-order valence-corrected chi connectivity index (χ2v) is 6.70. The van der Waals surface area contributed by atoms with Crippen molar-refractivity contribution in [3.8, 4) is 0 Å². The van der Waals surface area contributed by atoms with Gasteiger partial charge in [0.15, 0.2) is 0 Å². The van der Waals surface area contributed by atoms with Crippen LogP contribution in [0.3, 0.4) is 0 Å². The third-order valence-corrected chi connectivity index (χ3v) is 5.25. The minimum atomic E-state index is -3.11. The highest BCUT2D eigenvalue weighted by Crippen LogP contribution is 2.28. The Balaban J connectivity index is 1.93. The first-order valence-electron chi connectivity index (χ1n) is 5.17. The maximum absolute atomic E-state index is 11.6. The van der Waals surface area contributed by atoms with Crippen LogP contribution < -0.4 is 4.72 Å². The summed E-state index contributed by atoms with van der Waals surface area (Å²) in [6, 6.07) is 1.95. The Bertz CT molecular complexity index is 423. The molecule has 6 heteroatoms. The molecule has 0 spiro atoms. The number of sulfonamides is 1. The number of hydrogen-bond acceptors (Lipinski definition) is 4. The van der Waals surface area contributed by atoms with Crippen molar-refractivity contribution in [3.05, 3.63) is 22.4 Å². The van der Waals surface area contributed by atoms with E-state index in [9.17, 15) is 8.42 Å². The largest absolute Gasteiger partial charge is 0.375 e. The minimum absolute atomic E-state index is 0.174. The second kappa shape index (κ2) is 4.83. The molecule has 90 valence electrons. The lowest BCUT2D eigenvalue weighted by atomic mass is 10.2. The van der Waals surface area contributed by atoms with Gasteiger partial charge in [-0.15, -0.1) is 0 Å². The van der Waals surface area contributed by atoms with Gasteiger partial charge in [-0.3, -0.25) is 0 Å². The van der Waals surface area contributed by atoms with Crippen LogP contribution in [-0.4, -0.2) is 27.3 Å². The van der Waals surface area contributed by atoms with Crippen molar-refractivity contribution in [1.29, 1.82) is 0 Å². The van der Waals surface area contributed by atoms with Gasteiger partial charge in [0.2, 0.25) is 10.0 Å². The molecule has 1 atom stereocenters. The fourth-order valence-corrected chi connectivity index (χ4v) is 3.56. The Hall–Kier alpha value is -0.430. The molecule has 1 aromatic heterocycles. The van der Waals surface area contributed by atoms with E-state index in [2.05, 4.69) is 4.72 Å². The summed E-state index contributed by atoms with van der Waals surface area (Å²) in [4.78, 5) is 0. The van der Waals surface area contributed by atoms with Crippen LogP contribution >= 0.6 is 11.3 Å². The molecule has 0 aromatic carbocycles. The standard InChI is InChI=1S/C10H15NO3S2/c1-14-10(8-4-5-15-7-8)6-11-16(12,13)9-2-3-9/h4-5,7,9-11H,2-3,6H2,1H3. The number of rotatable bonds is 6. The molecule has 0 aliphatic heterocycles. The molecule has 0 bridgehead atoms. The smallest absolute Gasteiger partial charge is 0.214 e. The fourth-order valence-electron chi connectivity index (χ4n) is 1.48. The van der Waals surface area contributed by atoms with Crippen LogP contribution in [0.15, 0.2) is 16.8 Å². The number of thiophene rings is 1. The molecule has 1 aliphatic rings. The molecule has 1 saturated carbocycles. The summed E-state index contributed by atoms with van der Waals surface area (Å²) < 4.78 is 31.1. The van der Waals surface area contributed by atoms with Crippen molar-refractivity contribution >= 4 is 21.4 Å². The number of ether oxygens (including phenoxy) is 1. The van der Waals surface area contributed by atoms with Gasteiger partial charge >= 0.3 is 0 Å². The molecule has 2 rings (SSSR count). The molecule has 1 fully saturated rings. The third kappa shape index (κ3) is 2.82. The van der Waals surface area contributed by atoms with E-state index in [1.807, 2.05) is 16.8 Å². The summed E-state index contributed by atoms with van der Waals surface area (Å²) in [5.74, 6) is 0. The van der Waals surface area contributed by atoms with Gasteiger partial charge in [-0.05, 0) is 35.2 Å². The molecule has 1 unspecified atom stereocenters. The summed E-state index contributed by atoms with van der Waals surface area (Å²) in [5, 5.41) is 3.75. The van der Waals surface area contributed by atoms with Crippen molar-refractivity contribution < 1.29 is 13.2 Å². The van der Waals surface area contributed by atoms with E-state index in [0.717, 1.165) is 18.4 Å². The van der Waals surface area contributed by atoms with E-state index < -0.39 is 10.0 Å². The first-order chi connectivity index (χ1) is 7.63. The van der Waals surface area contributed by atoms with Crippen LogP contribution in [0.25, 0.3) is 0 Å². The molecular formula is C10H15NO3S2. The Labute approximate surface area is 99.7 Å². The number of methoxy groups -OCH3 is 1. The van der Waals surface area contributed by atoms with Crippen molar-refractivity contribution in [2.24, 2.45) is 0 Å². The predicted octanol–water partition coefficient (Wildman–Crippen LogP) is 1.52. The van der Waals surface area contributed by atoms with Gasteiger partial charge in [-0.25, -0.2) is 13.1 Å². The highest BCUT2D eigenvalue weighted by Gasteiger charge is 2.35. The van der Waals surface area contributed by atoms with Crippen molar-refractivity contribution in [2.75, 3.05) is 13.7 Å². The fraction of sp³-hybridized carbons (Fsp3) is 0.600. The quantitative estimate of drug-likeness (QED) is 0.844. The lowest BCUT2D eigenvalue weighted by Gasteiger charge is -2.14. The Kier molecular flexibility index (Phi) is 3.63. The van der Waals surface area contributed by atoms with Crippen LogP contribution in [0.4, 0.5) is 0 Å². The highest BCUT2D eigenvalue weighted by atomic mass is 32.2. The molecule has 16 heavy (non-hydrogen) atoms. The summed E-state index contributed by atoms with van der Waals surface area (Å²) in [6.07, 6.45) is 1.37. The first kappa shape index (κ1) is 12.0. The molecular weight excluding hydrogens is 246 g/mol. The second-order valence-electron chi connectivity index (χ2n) is 3.87.